The minimum Gasteiger partial charge on any atom is -0.456 e. The lowest BCUT2D eigenvalue weighted by Gasteiger charge is -2.30. The third-order valence-corrected chi connectivity index (χ3v) is 11.5. The summed E-state index contributed by atoms with van der Waals surface area (Å²) in [6, 6.07) is 46.7. The zero-order valence-electron chi connectivity index (χ0n) is 29.4. The predicted molar refractivity (Wildman–Crippen MR) is 215 cm³/mol. The summed E-state index contributed by atoms with van der Waals surface area (Å²) in [5.41, 5.74) is 10.9. The van der Waals surface area contributed by atoms with Gasteiger partial charge in [0.2, 0.25) is 0 Å². The second kappa shape index (κ2) is 11.2. The molecule has 252 valence electrons. The van der Waals surface area contributed by atoms with Gasteiger partial charge in [-0.1, -0.05) is 123 Å². The molecule has 0 saturated heterocycles. The van der Waals surface area contributed by atoms with Gasteiger partial charge >= 0.3 is 0 Å². The van der Waals surface area contributed by atoms with E-state index in [1.54, 1.807) is 0 Å². The van der Waals surface area contributed by atoms with Gasteiger partial charge in [0.25, 0.3) is 0 Å². The Morgan fingerprint density at radius 2 is 1.17 bits per heavy atom. The largest absolute Gasteiger partial charge is 0.456 e. The van der Waals surface area contributed by atoms with E-state index < -0.39 is 0 Å². The summed E-state index contributed by atoms with van der Waals surface area (Å²) in [4.78, 5) is 15.1. The lowest BCUT2D eigenvalue weighted by molar-refractivity contribution is 0.396. The summed E-state index contributed by atoms with van der Waals surface area (Å²) < 4.78 is 8.71. The van der Waals surface area contributed by atoms with Crippen LogP contribution in [0.4, 0.5) is 0 Å². The van der Waals surface area contributed by atoms with E-state index in [1.807, 2.05) is 54.6 Å². The minimum absolute atomic E-state index is 0.0344. The van der Waals surface area contributed by atoms with Crippen molar-refractivity contribution in [2.45, 2.75) is 25.2 Å². The first-order chi connectivity index (χ1) is 26.0. The van der Waals surface area contributed by atoms with Crippen LogP contribution in [0.2, 0.25) is 0 Å². The molecule has 0 spiro atoms. The van der Waals surface area contributed by atoms with Gasteiger partial charge in [-0.05, 0) is 71.0 Å². The zero-order chi connectivity index (χ0) is 35.3. The summed E-state index contributed by atoms with van der Waals surface area (Å²) >= 11 is 0. The summed E-state index contributed by atoms with van der Waals surface area (Å²) in [6.45, 7) is 4.83. The van der Waals surface area contributed by atoms with E-state index in [9.17, 15) is 0 Å². The van der Waals surface area contributed by atoms with Crippen molar-refractivity contribution in [2.75, 3.05) is 0 Å². The second-order valence-corrected chi connectivity index (χ2v) is 14.8. The molecule has 0 radical (unpaired) electrons. The number of hydrogen-bond acceptors (Lipinski definition) is 4. The molecule has 0 fully saturated rings. The summed E-state index contributed by atoms with van der Waals surface area (Å²) in [6.07, 6.45) is 9.21. The average molecular weight is 683 g/mol. The highest BCUT2D eigenvalue weighted by molar-refractivity contribution is 6.11. The molecule has 9 aromatic rings. The minimum atomic E-state index is -0.0344. The van der Waals surface area contributed by atoms with Crippen molar-refractivity contribution < 1.29 is 4.42 Å². The molecule has 0 amide bonds. The third kappa shape index (κ3) is 4.47. The number of nitrogens with zero attached hydrogens (tertiary/aromatic N) is 4. The van der Waals surface area contributed by atoms with Crippen molar-refractivity contribution in [2.24, 2.45) is 5.92 Å². The topological polar surface area (TPSA) is 56.7 Å². The monoisotopic (exact) mass is 682 g/mol. The van der Waals surface area contributed by atoms with E-state index in [1.165, 1.54) is 32.9 Å². The molecular formula is C48H34N4O. The van der Waals surface area contributed by atoms with Crippen LogP contribution in [0.15, 0.2) is 162 Å². The molecule has 2 unspecified atom stereocenters. The van der Waals surface area contributed by atoms with Crippen molar-refractivity contribution in [3.8, 4) is 39.9 Å². The number of aromatic nitrogens is 4. The van der Waals surface area contributed by atoms with Crippen LogP contribution in [-0.2, 0) is 5.41 Å². The lowest BCUT2D eigenvalue weighted by atomic mass is 9.74. The first-order valence-corrected chi connectivity index (χ1v) is 18.3. The van der Waals surface area contributed by atoms with Crippen molar-refractivity contribution in [3.05, 3.63) is 169 Å². The molecule has 53 heavy (non-hydrogen) atoms. The van der Waals surface area contributed by atoms with Gasteiger partial charge in [0.15, 0.2) is 17.5 Å². The number of benzene rings is 6. The van der Waals surface area contributed by atoms with E-state index in [-0.39, 0.29) is 5.41 Å². The molecule has 11 rings (SSSR count). The van der Waals surface area contributed by atoms with Crippen LogP contribution < -0.4 is 0 Å². The molecule has 5 heteroatoms. The smallest absolute Gasteiger partial charge is 0.164 e. The van der Waals surface area contributed by atoms with Gasteiger partial charge in [0.05, 0.1) is 11.0 Å². The number of hydrogen-bond donors (Lipinski definition) is 0. The molecule has 6 aromatic carbocycles. The Morgan fingerprint density at radius 1 is 0.547 bits per heavy atom. The Bertz CT molecular complexity index is 2980. The highest BCUT2D eigenvalue weighted by Crippen LogP contribution is 2.56. The molecule has 2 atom stereocenters. The fourth-order valence-corrected chi connectivity index (χ4v) is 9.03. The van der Waals surface area contributed by atoms with E-state index in [0.717, 1.165) is 44.3 Å². The maximum atomic E-state index is 6.24. The number of allylic oxidation sites excluding steroid dienone is 4. The second-order valence-electron chi connectivity index (χ2n) is 14.8. The SMILES string of the molecule is CC1(C)c2c(ccc3c4ccccc4n(-c4ccc(-c5nc(-c6ccccc6)nc(-c6ccc7c(c6)oc6ccccc67)n5)cc4)c23)C2C=CC=CC21. The molecule has 0 N–H and O–H groups in total. The van der Waals surface area contributed by atoms with E-state index in [0.29, 0.717) is 29.3 Å². The van der Waals surface area contributed by atoms with Crippen LogP contribution >= 0.6 is 0 Å². The summed E-state index contributed by atoms with van der Waals surface area (Å²) in [7, 11) is 0. The van der Waals surface area contributed by atoms with E-state index in [4.69, 9.17) is 19.4 Å². The van der Waals surface area contributed by atoms with Crippen molar-refractivity contribution in [1.29, 1.82) is 0 Å². The van der Waals surface area contributed by atoms with Crippen molar-refractivity contribution in [1.82, 2.24) is 19.5 Å². The van der Waals surface area contributed by atoms with Gasteiger partial charge in [0, 0.05) is 49.8 Å². The van der Waals surface area contributed by atoms with Crippen LogP contribution in [0.1, 0.15) is 30.9 Å². The standard InChI is InChI=1S/C48H34N4O/c1-48(2)39-17-9-6-14-33(39)37-26-27-38-34-15-7-10-18-40(34)52(44(38)43(37)48)32-23-20-30(21-24-32)46-49-45(29-12-4-3-5-13-29)50-47(51-46)31-22-25-36-35-16-8-11-19-41(35)53-42(36)28-31/h3-28,33,39H,1-2H3. The average Bonchev–Trinajstić information content (AvgIpc) is 3.83. The van der Waals surface area contributed by atoms with Crippen LogP contribution in [0.25, 0.3) is 83.6 Å². The van der Waals surface area contributed by atoms with Gasteiger partial charge in [-0.3, -0.25) is 0 Å². The third-order valence-electron chi connectivity index (χ3n) is 11.5. The summed E-state index contributed by atoms with van der Waals surface area (Å²) in [5, 5.41) is 4.73. The Morgan fingerprint density at radius 3 is 1.98 bits per heavy atom. The zero-order valence-corrected chi connectivity index (χ0v) is 29.4. The molecule has 0 bridgehead atoms. The summed E-state index contributed by atoms with van der Waals surface area (Å²) in [5.74, 6) is 2.66. The van der Waals surface area contributed by atoms with Gasteiger partial charge in [-0.15, -0.1) is 0 Å². The normalized spacial score (nSPS) is 17.2. The predicted octanol–water partition coefficient (Wildman–Crippen LogP) is 12.0. The van der Waals surface area contributed by atoms with Crippen LogP contribution in [0.3, 0.4) is 0 Å². The van der Waals surface area contributed by atoms with Gasteiger partial charge in [0.1, 0.15) is 11.2 Å². The number of rotatable bonds is 4. The fourth-order valence-electron chi connectivity index (χ4n) is 9.03. The van der Waals surface area contributed by atoms with Gasteiger partial charge in [-0.2, -0.15) is 0 Å². The first-order valence-electron chi connectivity index (χ1n) is 18.3. The molecule has 0 aliphatic heterocycles. The Labute approximate surface area is 306 Å². The van der Waals surface area contributed by atoms with E-state index >= 15 is 0 Å². The molecule has 3 aromatic heterocycles. The maximum absolute atomic E-state index is 6.24. The van der Waals surface area contributed by atoms with Crippen molar-refractivity contribution in [3.63, 3.8) is 0 Å². The van der Waals surface area contributed by atoms with Crippen LogP contribution in [-0.4, -0.2) is 19.5 Å². The number of fused-ring (bicyclic) bond motifs is 10. The molecule has 2 aliphatic carbocycles. The van der Waals surface area contributed by atoms with Crippen LogP contribution in [0.5, 0.6) is 0 Å². The van der Waals surface area contributed by atoms with Gasteiger partial charge < -0.3 is 8.98 Å². The van der Waals surface area contributed by atoms with Gasteiger partial charge in [-0.25, -0.2) is 15.0 Å². The first kappa shape index (κ1) is 30.1. The molecule has 3 heterocycles. The van der Waals surface area contributed by atoms with Crippen LogP contribution in [0, 0.1) is 5.92 Å². The Balaban J connectivity index is 1.07. The Kier molecular flexibility index (Phi) is 6.36. The molecule has 0 saturated carbocycles. The Hall–Kier alpha value is -6.59. The fraction of sp³-hybridized carbons (Fsp3) is 0.104. The highest BCUT2D eigenvalue weighted by Gasteiger charge is 2.46. The lowest BCUT2D eigenvalue weighted by Crippen LogP contribution is -2.25. The number of para-hydroxylation sites is 2. The molecule has 5 nitrogen and oxygen atoms in total. The van der Waals surface area contributed by atoms with E-state index in [2.05, 4.69) is 122 Å². The number of furan rings is 1. The maximum Gasteiger partial charge on any atom is 0.164 e. The highest BCUT2D eigenvalue weighted by atomic mass is 16.3. The molecule has 2 aliphatic rings. The quantitative estimate of drug-likeness (QED) is 0.185. The van der Waals surface area contributed by atoms with Crippen molar-refractivity contribution >= 4 is 43.7 Å². The molecular weight excluding hydrogens is 649 g/mol.